The molecule has 0 saturated heterocycles. The van der Waals surface area contributed by atoms with Crippen LogP contribution in [0.3, 0.4) is 0 Å². The van der Waals surface area contributed by atoms with Gasteiger partial charge in [0, 0.05) is 25.1 Å². The molecule has 2 rings (SSSR count). The number of unbranched alkanes of at least 4 members (excludes halogenated alkanes) is 2. The maximum Gasteiger partial charge on any atom is 0.408 e. The van der Waals surface area contributed by atoms with E-state index < -0.39 is 29.7 Å². The molecule has 8 heteroatoms. The van der Waals surface area contributed by atoms with Crippen molar-refractivity contribution in [2.45, 2.75) is 84.4 Å². The highest BCUT2D eigenvalue weighted by Gasteiger charge is 2.37. The molecular formula is C30H43N3O5. The lowest BCUT2D eigenvalue weighted by Gasteiger charge is -2.35. The molecule has 0 fully saturated rings. The first-order valence-corrected chi connectivity index (χ1v) is 13.5. The molecule has 0 aromatic heterocycles. The van der Waals surface area contributed by atoms with Gasteiger partial charge in [-0.25, -0.2) is 4.79 Å². The molecule has 2 aromatic carbocycles. The first-order chi connectivity index (χ1) is 18.1. The van der Waals surface area contributed by atoms with Crippen LogP contribution in [0.4, 0.5) is 4.79 Å². The van der Waals surface area contributed by atoms with E-state index in [1.165, 1.54) is 11.0 Å². The van der Waals surface area contributed by atoms with E-state index in [9.17, 15) is 19.5 Å². The summed E-state index contributed by atoms with van der Waals surface area (Å²) in [5.74, 6) is -0.871. The molecular weight excluding hydrogens is 482 g/mol. The number of benzene rings is 2. The van der Waals surface area contributed by atoms with Crippen molar-refractivity contribution in [1.29, 1.82) is 0 Å². The topological polar surface area (TPSA) is 108 Å². The van der Waals surface area contributed by atoms with Crippen molar-refractivity contribution < 1.29 is 24.2 Å². The molecule has 2 atom stereocenters. The van der Waals surface area contributed by atoms with Crippen molar-refractivity contribution in [3.05, 3.63) is 65.7 Å². The molecule has 0 spiro atoms. The summed E-state index contributed by atoms with van der Waals surface area (Å²) in [5.41, 5.74) is 0.440. The Kier molecular flexibility index (Phi) is 12.1. The Morgan fingerprint density at radius 3 is 2.18 bits per heavy atom. The van der Waals surface area contributed by atoms with Crippen LogP contribution in [0.1, 0.15) is 77.5 Å². The predicted octanol–water partition coefficient (Wildman–Crippen LogP) is 5.11. The summed E-state index contributed by atoms with van der Waals surface area (Å²) in [6.07, 6.45) is 2.62. The minimum absolute atomic E-state index is 0.0721. The lowest BCUT2D eigenvalue weighted by Crippen LogP contribution is -2.54. The van der Waals surface area contributed by atoms with Crippen molar-refractivity contribution in [3.63, 3.8) is 0 Å². The summed E-state index contributed by atoms with van der Waals surface area (Å²) < 4.78 is 5.45. The van der Waals surface area contributed by atoms with Gasteiger partial charge in [0.25, 0.3) is 0 Å². The molecule has 2 aromatic rings. The minimum Gasteiger partial charge on any atom is -0.508 e. The maximum absolute atomic E-state index is 14.2. The second kappa shape index (κ2) is 15.0. The zero-order valence-corrected chi connectivity index (χ0v) is 23.3. The number of carbonyl (C=O) groups is 3. The Balaban J connectivity index is 2.51. The fraction of sp³-hybridized carbons (Fsp3) is 0.500. The number of aromatic hydroxyl groups is 1. The minimum atomic E-state index is -1.06. The average molecular weight is 526 g/mol. The van der Waals surface area contributed by atoms with Gasteiger partial charge in [-0.15, -0.1) is 0 Å². The van der Waals surface area contributed by atoms with Gasteiger partial charge in [0.1, 0.15) is 23.4 Å². The van der Waals surface area contributed by atoms with Gasteiger partial charge in [0.2, 0.25) is 11.8 Å². The van der Waals surface area contributed by atoms with Gasteiger partial charge >= 0.3 is 6.09 Å². The number of alkyl carbamates (subject to hydrolysis) is 1. The van der Waals surface area contributed by atoms with Crippen LogP contribution < -0.4 is 10.6 Å². The van der Waals surface area contributed by atoms with E-state index in [4.69, 9.17) is 4.74 Å². The molecule has 3 amide bonds. The summed E-state index contributed by atoms with van der Waals surface area (Å²) in [6.45, 7) is 10.0. The van der Waals surface area contributed by atoms with Crippen molar-refractivity contribution in [1.82, 2.24) is 15.5 Å². The first-order valence-electron chi connectivity index (χ1n) is 13.5. The van der Waals surface area contributed by atoms with Crippen LogP contribution in [0, 0.1) is 0 Å². The van der Waals surface area contributed by atoms with Crippen molar-refractivity contribution in [2.24, 2.45) is 0 Å². The third-order valence-corrected chi connectivity index (χ3v) is 5.93. The molecule has 0 aliphatic carbocycles. The summed E-state index contributed by atoms with van der Waals surface area (Å²) in [5, 5.41) is 16.4. The van der Waals surface area contributed by atoms with E-state index >= 15 is 0 Å². The third kappa shape index (κ3) is 9.72. The average Bonchev–Trinajstić information content (AvgIpc) is 2.86. The van der Waals surface area contributed by atoms with E-state index in [1.54, 1.807) is 39.0 Å². The SMILES string of the molecule is CCCCNC(=O)C(c1ccccc1O)N(CCCC)C(=O)C(Cc1ccccc1)NC(=O)OC(C)(C)C. The number of nitrogens with one attached hydrogen (secondary N) is 2. The number of hydrogen-bond acceptors (Lipinski definition) is 5. The van der Waals surface area contributed by atoms with Crippen LogP contribution in [-0.4, -0.2) is 52.6 Å². The molecule has 0 radical (unpaired) electrons. The highest BCUT2D eigenvalue weighted by atomic mass is 16.6. The fourth-order valence-corrected chi connectivity index (χ4v) is 4.05. The number of amides is 3. The van der Waals surface area contributed by atoms with Crippen LogP contribution in [0.2, 0.25) is 0 Å². The van der Waals surface area contributed by atoms with Crippen LogP contribution in [0.25, 0.3) is 0 Å². The van der Waals surface area contributed by atoms with E-state index in [-0.39, 0.29) is 24.6 Å². The highest BCUT2D eigenvalue weighted by Crippen LogP contribution is 2.30. The van der Waals surface area contributed by atoms with Gasteiger partial charge in [0.15, 0.2) is 0 Å². The second-order valence-electron chi connectivity index (χ2n) is 10.4. The van der Waals surface area contributed by atoms with Crippen LogP contribution in [-0.2, 0) is 20.7 Å². The van der Waals surface area contributed by atoms with Gasteiger partial charge in [-0.1, -0.05) is 75.2 Å². The number of rotatable bonds is 13. The molecule has 0 heterocycles. The van der Waals surface area contributed by atoms with Crippen molar-refractivity contribution >= 4 is 17.9 Å². The smallest absolute Gasteiger partial charge is 0.408 e. The lowest BCUT2D eigenvalue weighted by molar-refractivity contribution is -0.142. The van der Waals surface area contributed by atoms with Crippen LogP contribution in [0.15, 0.2) is 54.6 Å². The molecule has 0 aliphatic rings. The number of para-hydroxylation sites is 1. The standard InChI is InChI=1S/C30H43N3O5/c1-6-8-19-31-27(35)26(23-17-13-14-18-25(23)34)33(20-9-7-2)28(36)24(21-22-15-11-10-12-16-22)32-29(37)38-30(3,4)5/h10-18,24,26,34H,6-9,19-21H2,1-5H3,(H,31,35)(H,32,37). The number of hydrogen-bond donors (Lipinski definition) is 3. The summed E-state index contributed by atoms with van der Waals surface area (Å²) in [7, 11) is 0. The second-order valence-corrected chi connectivity index (χ2v) is 10.4. The van der Waals surface area contributed by atoms with E-state index in [1.807, 2.05) is 44.2 Å². The van der Waals surface area contributed by atoms with E-state index in [2.05, 4.69) is 10.6 Å². The maximum atomic E-state index is 14.2. The van der Waals surface area contributed by atoms with Crippen LogP contribution >= 0.6 is 0 Å². The molecule has 2 unspecified atom stereocenters. The summed E-state index contributed by atoms with van der Waals surface area (Å²) >= 11 is 0. The van der Waals surface area contributed by atoms with Gasteiger partial charge in [-0.2, -0.15) is 0 Å². The Morgan fingerprint density at radius 2 is 1.58 bits per heavy atom. The van der Waals surface area contributed by atoms with E-state index in [0.717, 1.165) is 24.8 Å². The Morgan fingerprint density at radius 1 is 0.947 bits per heavy atom. The Hall–Kier alpha value is -3.55. The number of nitrogens with zero attached hydrogens (tertiary/aromatic N) is 1. The molecule has 38 heavy (non-hydrogen) atoms. The molecule has 3 N–H and O–H groups in total. The Labute approximate surface area is 226 Å². The zero-order chi connectivity index (χ0) is 28.1. The monoisotopic (exact) mass is 525 g/mol. The van der Waals surface area contributed by atoms with Gasteiger partial charge < -0.3 is 25.4 Å². The Bertz CT molecular complexity index is 1040. The third-order valence-electron chi connectivity index (χ3n) is 5.93. The van der Waals surface area contributed by atoms with Crippen molar-refractivity contribution in [3.8, 4) is 5.75 Å². The summed E-state index contributed by atoms with van der Waals surface area (Å²) in [4.78, 5) is 42.0. The van der Waals surface area contributed by atoms with Crippen molar-refractivity contribution in [2.75, 3.05) is 13.1 Å². The molecule has 0 saturated carbocycles. The highest BCUT2D eigenvalue weighted by molar-refractivity contribution is 5.92. The quantitative estimate of drug-likeness (QED) is 0.315. The molecule has 0 bridgehead atoms. The number of ether oxygens (including phenoxy) is 1. The zero-order valence-electron chi connectivity index (χ0n) is 23.3. The van der Waals surface area contributed by atoms with Gasteiger partial charge in [0.05, 0.1) is 0 Å². The largest absolute Gasteiger partial charge is 0.508 e. The summed E-state index contributed by atoms with van der Waals surface area (Å²) in [6, 6.07) is 13.9. The van der Waals surface area contributed by atoms with Gasteiger partial charge in [-0.3, -0.25) is 9.59 Å². The molecule has 0 aliphatic heterocycles. The fourth-order valence-electron chi connectivity index (χ4n) is 4.05. The first kappa shape index (κ1) is 30.7. The van der Waals surface area contributed by atoms with Crippen LogP contribution in [0.5, 0.6) is 5.75 Å². The van der Waals surface area contributed by atoms with E-state index in [0.29, 0.717) is 18.5 Å². The molecule has 208 valence electrons. The predicted molar refractivity (Wildman–Crippen MR) is 149 cm³/mol. The van der Waals surface area contributed by atoms with Gasteiger partial charge in [-0.05, 0) is 45.2 Å². The lowest BCUT2D eigenvalue weighted by atomic mass is 9.99. The number of phenolic OH excluding ortho intramolecular Hbond substituents is 1. The number of carbonyl (C=O) groups excluding carboxylic acids is 3. The normalized spacial score (nSPS) is 12.8. The molecule has 8 nitrogen and oxygen atoms in total. The number of phenols is 1.